The molecule has 1 aliphatic rings. The minimum Gasteiger partial charge on any atom is -0.508 e. The van der Waals surface area contributed by atoms with Gasteiger partial charge in [0.1, 0.15) is 17.0 Å². The Morgan fingerprint density at radius 2 is 2.09 bits per heavy atom. The maximum atomic E-state index is 15.5. The lowest BCUT2D eigenvalue weighted by Gasteiger charge is -2.15. The molecule has 0 radical (unpaired) electrons. The molecular weight excluding hydrogens is 447 g/mol. The first kappa shape index (κ1) is 22.8. The molecule has 0 bridgehead atoms. The fourth-order valence-corrected chi connectivity index (χ4v) is 4.54. The van der Waals surface area contributed by atoms with Gasteiger partial charge in [0.25, 0.3) is 0 Å². The van der Waals surface area contributed by atoms with Gasteiger partial charge in [-0.2, -0.15) is 5.10 Å². The number of carbonyl (C=O) groups is 1. The van der Waals surface area contributed by atoms with Crippen molar-refractivity contribution in [3.8, 4) is 28.4 Å². The van der Waals surface area contributed by atoms with Crippen LogP contribution < -0.4 is 5.32 Å². The standard InChI is InChI=1S/C26H27FN6O2/c1-3-16-12-18(35)4-5-19(16)20-6-7-21-24(23(20)27)31-32-25(21)26-29-13-22(30-26)17-8-10-33(14-17)11-9-28-15(2)34/h4-8,12-13,35H,3,9-11,14H2,1-2H3,(H,28,34)(H,29,30)(H,31,32). The number of fused-ring (bicyclic) bond motifs is 1. The molecular formula is C26H27FN6O2. The summed E-state index contributed by atoms with van der Waals surface area (Å²) in [7, 11) is 0. The molecule has 2 aromatic carbocycles. The van der Waals surface area contributed by atoms with Crippen LogP contribution in [0.25, 0.3) is 39.1 Å². The van der Waals surface area contributed by atoms with Crippen LogP contribution in [0.1, 0.15) is 25.1 Å². The molecule has 0 atom stereocenters. The SMILES string of the molecule is CCc1cc(O)ccc1-c1ccc2c(-c3nc(C4=CCN(CCNC(C)=O)C4)c[nH]3)n[nH]c2c1F. The highest BCUT2D eigenvalue weighted by molar-refractivity contribution is 5.95. The van der Waals surface area contributed by atoms with Crippen molar-refractivity contribution in [3.05, 3.63) is 59.7 Å². The third-order valence-electron chi connectivity index (χ3n) is 6.36. The minimum atomic E-state index is -0.387. The van der Waals surface area contributed by atoms with Gasteiger partial charge in [-0.25, -0.2) is 9.37 Å². The molecule has 0 aliphatic carbocycles. The van der Waals surface area contributed by atoms with E-state index in [2.05, 4.69) is 31.5 Å². The molecule has 3 heterocycles. The predicted octanol–water partition coefficient (Wildman–Crippen LogP) is 3.86. The number of carbonyl (C=O) groups excluding carboxylic acids is 1. The fraction of sp³-hybridized carbons (Fsp3) is 0.269. The summed E-state index contributed by atoms with van der Waals surface area (Å²) in [4.78, 5) is 21.2. The van der Waals surface area contributed by atoms with Crippen LogP contribution in [0.15, 0.2) is 42.6 Å². The molecule has 1 amide bonds. The number of aromatic nitrogens is 4. The summed E-state index contributed by atoms with van der Waals surface area (Å²) in [6.07, 6.45) is 4.64. The van der Waals surface area contributed by atoms with E-state index in [0.717, 1.165) is 42.0 Å². The van der Waals surface area contributed by atoms with Crippen LogP contribution in [-0.4, -0.2) is 62.3 Å². The van der Waals surface area contributed by atoms with Crippen molar-refractivity contribution in [2.75, 3.05) is 26.2 Å². The lowest BCUT2D eigenvalue weighted by atomic mass is 9.96. The van der Waals surface area contributed by atoms with Gasteiger partial charge in [0.05, 0.1) is 5.69 Å². The zero-order valence-electron chi connectivity index (χ0n) is 19.7. The third-order valence-corrected chi connectivity index (χ3v) is 6.36. The van der Waals surface area contributed by atoms with E-state index in [9.17, 15) is 9.90 Å². The van der Waals surface area contributed by atoms with Gasteiger partial charge in [-0.1, -0.05) is 25.1 Å². The summed E-state index contributed by atoms with van der Waals surface area (Å²) >= 11 is 0. The van der Waals surface area contributed by atoms with Crippen LogP contribution in [-0.2, 0) is 11.2 Å². The molecule has 4 aromatic rings. The number of nitrogens with zero attached hydrogens (tertiary/aromatic N) is 3. The molecule has 0 fully saturated rings. The van der Waals surface area contributed by atoms with Crippen LogP contribution in [0.5, 0.6) is 5.75 Å². The number of phenols is 1. The second-order valence-corrected chi connectivity index (χ2v) is 8.70. The molecule has 0 spiro atoms. The van der Waals surface area contributed by atoms with Gasteiger partial charge in [-0.05, 0) is 41.3 Å². The summed E-state index contributed by atoms with van der Waals surface area (Å²) in [5.74, 6) is 0.312. The van der Waals surface area contributed by atoms with Crippen LogP contribution in [0.2, 0.25) is 0 Å². The minimum absolute atomic E-state index is 0.0296. The number of halogens is 1. The van der Waals surface area contributed by atoms with E-state index >= 15 is 4.39 Å². The zero-order chi connectivity index (χ0) is 24.5. The molecule has 1 aliphatic heterocycles. The fourth-order valence-electron chi connectivity index (χ4n) is 4.54. The molecule has 0 saturated carbocycles. The number of rotatable bonds is 7. The normalized spacial score (nSPS) is 14.0. The Hall–Kier alpha value is -3.98. The Bertz CT molecular complexity index is 1440. The van der Waals surface area contributed by atoms with E-state index < -0.39 is 0 Å². The first-order chi connectivity index (χ1) is 16.9. The molecule has 180 valence electrons. The summed E-state index contributed by atoms with van der Waals surface area (Å²) in [6, 6.07) is 8.57. The monoisotopic (exact) mass is 474 g/mol. The number of H-pyrrole nitrogens is 2. The highest BCUT2D eigenvalue weighted by atomic mass is 19.1. The highest BCUT2D eigenvalue weighted by Crippen LogP contribution is 2.35. The van der Waals surface area contributed by atoms with E-state index in [4.69, 9.17) is 4.98 Å². The van der Waals surface area contributed by atoms with Crippen LogP contribution in [0, 0.1) is 5.82 Å². The van der Waals surface area contributed by atoms with Gasteiger partial charge >= 0.3 is 0 Å². The Morgan fingerprint density at radius 3 is 2.89 bits per heavy atom. The number of benzene rings is 2. The molecule has 4 N–H and O–H groups in total. The second-order valence-electron chi connectivity index (χ2n) is 8.70. The quantitative estimate of drug-likeness (QED) is 0.325. The van der Waals surface area contributed by atoms with E-state index in [1.807, 2.05) is 19.2 Å². The number of nitrogens with one attached hydrogen (secondary N) is 3. The first-order valence-corrected chi connectivity index (χ1v) is 11.7. The smallest absolute Gasteiger partial charge is 0.216 e. The van der Waals surface area contributed by atoms with Gasteiger partial charge in [0.15, 0.2) is 11.6 Å². The topological polar surface area (TPSA) is 110 Å². The van der Waals surface area contributed by atoms with Crippen LogP contribution in [0.3, 0.4) is 0 Å². The lowest BCUT2D eigenvalue weighted by Crippen LogP contribution is -2.32. The number of imidazole rings is 1. The van der Waals surface area contributed by atoms with Crippen molar-refractivity contribution < 1.29 is 14.3 Å². The molecule has 8 nitrogen and oxygen atoms in total. The van der Waals surface area contributed by atoms with E-state index in [0.29, 0.717) is 41.0 Å². The zero-order valence-corrected chi connectivity index (χ0v) is 19.7. The van der Waals surface area contributed by atoms with E-state index in [-0.39, 0.29) is 17.5 Å². The molecule has 0 unspecified atom stereocenters. The average molecular weight is 475 g/mol. The number of aromatic hydroxyl groups is 1. The van der Waals surface area contributed by atoms with Crippen molar-refractivity contribution in [1.29, 1.82) is 0 Å². The van der Waals surface area contributed by atoms with Gasteiger partial charge in [-0.15, -0.1) is 0 Å². The Balaban J connectivity index is 1.39. The van der Waals surface area contributed by atoms with Crippen molar-refractivity contribution in [2.45, 2.75) is 20.3 Å². The summed E-state index contributed by atoms with van der Waals surface area (Å²) in [6.45, 7) is 6.41. The van der Waals surface area contributed by atoms with Gasteiger partial charge in [-0.3, -0.25) is 14.8 Å². The van der Waals surface area contributed by atoms with Gasteiger partial charge in [0, 0.05) is 50.2 Å². The number of hydrogen-bond donors (Lipinski definition) is 4. The third kappa shape index (κ3) is 4.42. The summed E-state index contributed by atoms with van der Waals surface area (Å²) < 4.78 is 15.5. The van der Waals surface area contributed by atoms with Crippen molar-refractivity contribution in [1.82, 2.24) is 30.4 Å². The summed E-state index contributed by atoms with van der Waals surface area (Å²) in [5, 5.41) is 20.5. The van der Waals surface area contributed by atoms with Crippen molar-refractivity contribution in [2.24, 2.45) is 0 Å². The van der Waals surface area contributed by atoms with Crippen LogP contribution in [0.4, 0.5) is 4.39 Å². The number of hydrogen-bond acceptors (Lipinski definition) is 5. The van der Waals surface area contributed by atoms with Gasteiger partial charge < -0.3 is 15.4 Å². The van der Waals surface area contributed by atoms with Crippen molar-refractivity contribution >= 4 is 22.4 Å². The molecule has 9 heteroatoms. The maximum absolute atomic E-state index is 15.5. The molecule has 35 heavy (non-hydrogen) atoms. The largest absolute Gasteiger partial charge is 0.508 e. The second kappa shape index (κ2) is 9.34. The predicted molar refractivity (Wildman–Crippen MR) is 133 cm³/mol. The highest BCUT2D eigenvalue weighted by Gasteiger charge is 2.21. The molecule has 5 rings (SSSR count). The lowest BCUT2D eigenvalue weighted by molar-refractivity contribution is -0.119. The molecule has 0 saturated heterocycles. The summed E-state index contributed by atoms with van der Waals surface area (Å²) in [5.41, 5.74) is 4.87. The number of amides is 1. The van der Waals surface area contributed by atoms with Gasteiger partial charge in [0.2, 0.25) is 5.91 Å². The number of aryl methyl sites for hydroxylation is 1. The molecule has 2 aromatic heterocycles. The first-order valence-electron chi connectivity index (χ1n) is 11.7. The maximum Gasteiger partial charge on any atom is 0.216 e. The number of phenolic OH excluding ortho intramolecular Hbond substituents is 1. The Morgan fingerprint density at radius 1 is 1.26 bits per heavy atom. The van der Waals surface area contributed by atoms with Crippen molar-refractivity contribution in [3.63, 3.8) is 0 Å². The van der Waals surface area contributed by atoms with E-state index in [1.54, 1.807) is 24.3 Å². The average Bonchev–Trinajstić information content (AvgIpc) is 3.58. The number of aromatic amines is 2. The van der Waals surface area contributed by atoms with Crippen LogP contribution >= 0.6 is 0 Å². The Labute approximate surface area is 201 Å². The van der Waals surface area contributed by atoms with E-state index in [1.165, 1.54) is 6.92 Å². The Kier molecular flexibility index (Phi) is 6.08.